The second-order valence-electron chi connectivity index (χ2n) is 3.49. The molecule has 0 saturated carbocycles. The van der Waals surface area contributed by atoms with Crippen LogP contribution in [0.15, 0.2) is 24.4 Å². The van der Waals surface area contributed by atoms with Gasteiger partial charge >= 0.3 is 0 Å². The summed E-state index contributed by atoms with van der Waals surface area (Å²) in [7, 11) is 1.42. The fraction of sp³-hybridized carbons (Fsp3) is 0.167. The van der Waals surface area contributed by atoms with Gasteiger partial charge in [0.15, 0.2) is 11.6 Å². The van der Waals surface area contributed by atoms with E-state index in [4.69, 9.17) is 16.3 Å². The minimum Gasteiger partial charge on any atom is -0.494 e. The Morgan fingerprint density at radius 2 is 2.12 bits per heavy atom. The first-order valence-electron chi connectivity index (χ1n) is 4.95. The summed E-state index contributed by atoms with van der Waals surface area (Å²) in [6.07, 6.45) is 1.61. The normalized spacial score (nSPS) is 10.4. The molecule has 1 aromatic carbocycles. The van der Waals surface area contributed by atoms with Crippen LogP contribution in [-0.4, -0.2) is 17.1 Å². The molecule has 1 aromatic heterocycles. The van der Waals surface area contributed by atoms with E-state index in [1.165, 1.54) is 13.2 Å². The van der Waals surface area contributed by atoms with Crippen molar-refractivity contribution in [2.45, 2.75) is 6.92 Å². The van der Waals surface area contributed by atoms with Crippen LogP contribution >= 0.6 is 11.6 Å². The molecule has 3 nitrogen and oxygen atoms in total. The summed E-state index contributed by atoms with van der Waals surface area (Å²) in [5.41, 5.74) is 2.32. The second-order valence-corrected chi connectivity index (χ2v) is 3.83. The predicted molar refractivity (Wildman–Crippen MR) is 63.7 cm³/mol. The van der Waals surface area contributed by atoms with Gasteiger partial charge in [-0.15, -0.1) is 0 Å². The van der Waals surface area contributed by atoms with Crippen molar-refractivity contribution < 1.29 is 9.13 Å². The number of ether oxygens (including phenoxy) is 1. The lowest BCUT2D eigenvalue weighted by Crippen LogP contribution is -1.93. The molecule has 0 aliphatic heterocycles. The van der Waals surface area contributed by atoms with Gasteiger partial charge in [0.2, 0.25) is 5.28 Å². The van der Waals surface area contributed by atoms with Crippen LogP contribution in [0.25, 0.3) is 11.1 Å². The molecule has 0 amide bonds. The largest absolute Gasteiger partial charge is 0.494 e. The minimum absolute atomic E-state index is 0.192. The molecule has 0 bridgehead atoms. The molecule has 0 N–H and O–H groups in total. The summed E-state index contributed by atoms with van der Waals surface area (Å²) in [5, 5.41) is 0.195. The Morgan fingerprint density at radius 3 is 2.76 bits per heavy atom. The lowest BCUT2D eigenvalue weighted by molar-refractivity contribution is 0.387. The average Bonchev–Trinajstić information content (AvgIpc) is 2.30. The van der Waals surface area contributed by atoms with E-state index in [0.29, 0.717) is 0 Å². The van der Waals surface area contributed by atoms with Crippen molar-refractivity contribution in [3.63, 3.8) is 0 Å². The van der Waals surface area contributed by atoms with Crippen molar-refractivity contribution in [3.05, 3.63) is 41.2 Å². The summed E-state index contributed by atoms with van der Waals surface area (Å²) in [6, 6.07) is 4.61. The molecule has 5 heteroatoms. The van der Waals surface area contributed by atoms with Gasteiger partial charge in [0.1, 0.15) is 0 Å². The zero-order chi connectivity index (χ0) is 12.4. The third-order valence-corrected chi connectivity index (χ3v) is 2.59. The summed E-state index contributed by atoms with van der Waals surface area (Å²) in [6.45, 7) is 1.82. The first-order valence-corrected chi connectivity index (χ1v) is 5.32. The van der Waals surface area contributed by atoms with Crippen molar-refractivity contribution in [2.75, 3.05) is 7.11 Å². The van der Waals surface area contributed by atoms with Gasteiger partial charge in [-0.3, -0.25) is 0 Å². The Morgan fingerprint density at radius 1 is 1.35 bits per heavy atom. The second kappa shape index (κ2) is 4.67. The van der Waals surface area contributed by atoms with Crippen molar-refractivity contribution in [2.24, 2.45) is 0 Å². The third kappa shape index (κ3) is 2.36. The van der Waals surface area contributed by atoms with Crippen LogP contribution in [0.1, 0.15) is 5.69 Å². The lowest BCUT2D eigenvalue weighted by atomic mass is 10.1. The van der Waals surface area contributed by atoms with Crippen molar-refractivity contribution in [1.82, 2.24) is 9.97 Å². The minimum atomic E-state index is -0.399. The molecule has 0 aliphatic carbocycles. The predicted octanol–water partition coefficient (Wildman–Crippen LogP) is 3.25. The Kier molecular flexibility index (Phi) is 3.24. The Hall–Kier alpha value is -1.68. The van der Waals surface area contributed by atoms with Gasteiger partial charge in [-0.25, -0.2) is 14.4 Å². The summed E-state index contributed by atoms with van der Waals surface area (Å²) in [5.74, 6) is -0.208. The van der Waals surface area contributed by atoms with Crippen molar-refractivity contribution >= 4 is 11.6 Å². The van der Waals surface area contributed by atoms with E-state index in [-0.39, 0.29) is 11.0 Å². The molecule has 2 aromatic rings. The quantitative estimate of drug-likeness (QED) is 0.770. The summed E-state index contributed by atoms with van der Waals surface area (Å²) < 4.78 is 18.2. The molecule has 0 aliphatic rings. The Bertz CT molecular complexity index is 560. The van der Waals surface area contributed by atoms with E-state index in [9.17, 15) is 4.39 Å². The van der Waals surface area contributed by atoms with E-state index in [0.717, 1.165) is 16.8 Å². The molecular weight excluding hydrogens is 243 g/mol. The van der Waals surface area contributed by atoms with Crippen LogP contribution in [-0.2, 0) is 0 Å². The highest BCUT2D eigenvalue weighted by Crippen LogP contribution is 2.27. The van der Waals surface area contributed by atoms with Crippen LogP contribution in [0.4, 0.5) is 4.39 Å². The van der Waals surface area contributed by atoms with Crippen LogP contribution < -0.4 is 4.74 Å². The van der Waals surface area contributed by atoms with Gasteiger partial charge in [0.05, 0.1) is 12.8 Å². The number of benzene rings is 1. The van der Waals surface area contributed by atoms with Gasteiger partial charge in [-0.2, -0.15) is 0 Å². The third-order valence-electron chi connectivity index (χ3n) is 2.41. The van der Waals surface area contributed by atoms with Gasteiger partial charge in [0.25, 0.3) is 0 Å². The summed E-state index contributed by atoms with van der Waals surface area (Å²) in [4.78, 5) is 7.96. The van der Waals surface area contributed by atoms with Crippen LogP contribution in [0.3, 0.4) is 0 Å². The highest BCUT2D eigenvalue weighted by molar-refractivity contribution is 6.28. The number of aromatic nitrogens is 2. The van der Waals surface area contributed by atoms with Gasteiger partial charge < -0.3 is 4.74 Å². The lowest BCUT2D eigenvalue weighted by Gasteiger charge is -2.07. The van der Waals surface area contributed by atoms with E-state index < -0.39 is 5.82 Å². The molecule has 1 heterocycles. The topological polar surface area (TPSA) is 35.0 Å². The zero-order valence-electron chi connectivity index (χ0n) is 9.37. The van der Waals surface area contributed by atoms with E-state index >= 15 is 0 Å². The monoisotopic (exact) mass is 252 g/mol. The molecule has 88 valence electrons. The standard InChI is InChI=1S/C12H10ClFN2O/c1-7-9(6-15-12(13)16-7)8-3-4-10(14)11(5-8)17-2/h3-6H,1-2H3. The number of hydrogen-bond acceptors (Lipinski definition) is 3. The first kappa shape index (κ1) is 11.8. The number of hydrogen-bond donors (Lipinski definition) is 0. The Labute approximate surface area is 103 Å². The maximum absolute atomic E-state index is 13.3. The zero-order valence-corrected chi connectivity index (χ0v) is 10.1. The average molecular weight is 253 g/mol. The smallest absolute Gasteiger partial charge is 0.222 e. The molecule has 0 spiro atoms. The SMILES string of the molecule is COc1cc(-c2cnc(Cl)nc2C)ccc1F. The molecule has 0 saturated heterocycles. The number of aryl methyl sites for hydroxylation is 1. The van der Waals surface area contributed by atoms with E-state index in [1.54, 1.807) is 18.3 Å². The van der Waals surface area contributed by atoms with Gasteiger partial charge in [-0.1, -0.05) is 6.07 Å². The van der Waals surface area contributed by atoms with Crippen LogP contribution in [0.5, 0.6) is 5.75 Å². The molecule has 17 heavy (non-hydrogen) atoms. The number of nitrogens with zero attached hydrogens (tertiary/aromatic N) is 2. The van der Waals surface area contributed by atoms with Gasteiger partial charge in [0, 0.05) is 11.8 Å². The number of halogens is 2. The first-order chi connectivity index (χ1) is 8.11. The fourth-order valence-corrected chi connectivity index (χ4v) is 1.73. The molecule has 2 rings (SSSR count). The van der Waals surface area contributed by atoms with Crippen molar-refractivity contribution in [1.29, 1.82) is 0 Å². The summed E-state index contributed by atoms with van der Waals surface area (Å²) >= 11 is 5.68. The highest BCUT2D eigenvalue weighted by Gasteiger charge is 2.08. The maximum atomic E-state index is 13.3. The number of methoxy groups -OCH3 is 1. The van der Waals surface area contributed by atoms with E-state index in [2.05, 4.69) is 9.97 Å². The molecule has 0 atom stereocenters. The molecule has 0 fully saturated rings. The van der Waals surface area contributed by atoms with Crippen molar-refractivity contribution in [3.8, 4) is 16.9 Å². The fourth-order valence-electron chi connectivity index (χ4n) is 1.55. The molecule has 0 radical (unpaired) electrons. The van der Waals surface area contributed by atoms with E-state index in [1.807, 2.05) is 6.92 Å². The van der Waals surface area contributed by atoms with Gasteiger partial charge in [-0.05, 0) is 36.2 Å². The highest BCUT2D eigenvalue weighted by atomic mass is 35.5. The maximum Gasteiger partial charge on any atom is 0.222 e. The molecular formula is C12H10ClFN2O. The van der Waals surface area contributed by atoms with Crippen LogP contribution in [0, 0.1) is 12.7 Å². The van der Waals surface area contributed by atoms with Crippen LogP contribution in [0.2, 0.25) is 5.28 Å². The number of rotatable bonds is 2. The Balaban J connectivity index is 2.53. The molecule has 0 unspecified atom stereocenters.